The van der Waals surface area contributed by atoms with Crippen molar-refractivity contribution in [2.45, 2.75) is 380 Å². The van der Waals surface area contributed by atoms with Crippen LogP contribution in [0.3, 0.4) is 0 Å². The second-order valence-corrected chi connectivity index (χ2v) is 50.4. The molecule has 21 aliphatic rings. The summed E-state index contributed by atoms with van der Waals surface area (Å²) < 4.78 is 4.84. The number of aliphatic hydroxyl groups is 5. The molecule has 9 fully saturated rings. The van der Waals surface area contributed by atoms with Crippen molar-refractivity contribution < 1.29 is 35.1 Å². The van der Waals surface area contributed by atoms with Crippen LogP contribution in [0.5, 0.6) is 0 Å². The number of hydrogen-bond acceptors (Lipinski definition) is 20. The zero-order valence-electron chi connectivity index (χ0n) is 95.8. The molecule has 0 radical (unpaired) electrons. The number of ether oxygens (including phenoxy) is 1. The predicted octanol–water partition coefficient (Wildman–Crippen LogP) is 21.6. The fourth-order valence-corrected chi connectivity index (χ4v) is 28.5. The van der Waals surface area contributed by atoms with Crippen molar-refractivity contribution in [3.05, 3.63) is 145 Å². The van der Waals surface area contributed by atoms with E-state index in [1.165, 1.54) is 302 Å². The first-order chi connectivity index (χ1) is 71.1. The number of methoxy groups -OCH3 is 1. The van der Waals surface area contributed by atoms with Crippen LogP contribution in [0.15, 0.2) is 145 Å². The van der Waals surface area contributed by atoms with E-state index in [9.17, 15) is 25.2 Å². The van der Waals surface area contributed by atoms with Gasteiger partial charge in [0.1, 0.15) is 0 Å². The number of β-amino-alcohol motifs (C(OH)–C–C–N with tert-alkyl or cyclic N) is 5. The summed E-state index contributed by atoms with van der Waals surface area (Å²) in [5.41, 5.74) is 1.51. The highest BCUT2D eigenvalue weighted by Gasteiger charge is 2.40. The first-order valence-electron chi connectivity index (χ1n) is 60.6. The van der Waals surface area contributed by atoms with Gasteiger partial charge >= 0.3 is 5.97 Å². The molecule has 838 valence electrons. The van der Waals surface area contributed by atoms with Crippen molar-refractivity contribution in [1.82, 2.24) is 58.8 Å². The highest BCUT2D eigenvalue weighted by molar-refractivity contribution is 7.99. The first-order valence-corrected chi connectivity index (χ1v) is 62.3. The summed E-state index contributed by atoms with van der Waals surface area (Å²) in [7, 11) is 3.62. The monoisotopic (exact) mass is 2080 g/mol. The summed E-state index contributed by atoms with van der Waals surface area (Å²) >= 11 is 7.56. The van der Waals surface area contributed by atoms with Crippen molar-refractivity contribution in [2.75, 3.05) is 202 Å². The maximum atomic E-state index is 11.6. The minimum atomic E-state index is -0.396. The quantitative estimate of drug-likeness (QED) is 0.0482. The van der Waals surface area contributed by atoms with Gasteiger partial charge in [-0.05, 0) is 207 Å². The van der Waals surface area contributed by atoms with E-state index in [-0.39, 0.29) is 42.3 Å². The van der Waals surface area contributed by atoms with Crippen molar-refractivity contribution in [1.29, 1.82) is 0 Å². The van der Waals surface area contributed by atoms with E-state index < -0.39 is 6.10 Å². The Morgan fingerprint density at radius 1 is 0.333 bits per heavy atom. The summed E-state index contributed by atoms with van der Waals surface area (Å²) in [6.07, 6.45) is 94.4. The van der Waals surface area contributed by atoms with Crippen molar-refractivity contribution >= 4 is 29.3 Å². The minimum Gasteiger partial charge on any atom is -0.469 e. The number of rotatable bonds is 14. The lowest BCUT2D eigenvalue weighted by atomic mass is 9.84. The maximum absolute atomic E-state index is 11.6. The third kappa shape index (κ3) is 47.3. The normalized spacial score (nSPS) is 34.6. The standard InChI is InChI=1S/2C13H23N.C12H19NO3.2C12H21N.C11H19NO.C11H19N.C10H17N.C9H15NOS.C8H15NO.C8H15N.C7H12ClNO/c1-11-6-5-9-14(10-11)13-8-4-3-7-12(13)2;1-12-7-6-10-14(11-12)13-8-4-2-3-5-9-13;1-16-12(15)10-5-2-6-11(10)13-7-3-4-9(14)8-13;1-10-5-4-8-13(9-10)12-7-3-6-11(12)2;1-11-6-5-9-13(10-11)12-7-3-2-4-8-12;1-9-4-5-10(7-9)12-6-2-3-11(13)8-12;1-10-5-4-8-12(9-10)11-6-2-3-7-11;1-9-4-3-7-11(8-9)10-5-2-6-10;11-9-2-1-4-10(6-9)8-3-5-12-7-8;1-2-5-9-6-3-4-8(10)7-9;1-7-4-8(2)6-9(3)5-7;8-3-5-9-4-1-2-7(10)6-9/h5-6,11-13H,3-4,7-10H2,1-2H3;6-7,12-13H,2-5,8-11H2,1H3;3-4,9-11,14H,2,5-8H2,1H3;4-5,10-12H,3,6-9H2,1-2H3;5-6,11-12H,2-4,7-10H2,1H3;2-3,9-11,13H,4-8H2,1H3;4-5,10-11H,2-3,6-9H2,1H3;3-4,9-10H,2,5-8H2,1H3;1-2,8-9,11H,3-7H2;3-4,8,10H,2,5-7H2,1H3;4,7H,5-6H2,1-3H3;1-2,7,10H,3-6H2. The number of thioether (sulfide) groups is 1. The van der Waals surface area contributed by atoms with E-state index in [0.29, 0.717) is 12.4 Å². The van der Waals surface area contributed by atoms with Crippen LogP contribution in [0.4, 0.5) is 0 Å². The van der Waals surface area contributed by atoms with E-state index in [1.54, 1.807) is 0 Å². The zero-order valence-corrected chi connectivity index (χ0v) is 97.3. The van der Waals surface area contributed by atoms with Crippen LogP contribution >= 0.6 is 23.4 Å². The van der Waals surface area contributed by atoms with Gasteiger partial charge < -0.3 is 35.2 Å². The number of hydrogen-bond donors (Lipinski definition) is 5. The van der Waals surface area contributed by atoms with Gasteiger partial charge in [0.25, 0.3) is 0 Å². The molecule has 0 aromatic carbocycles. The molecular formula is C126H219ClN12O7S. The second-order valence-electron chi connectivity index (χ2n) is 48.9. The summed E-state index contributed by atoms with van der Waals surface area (Å²) in [6.45, 7) is 55.7. The molecule has 0 bridgehead atoms. The van der Waals surface area contributed by atoms with Crippen LogP contribution in [0, 0.1) is 65.1 Å². The zero-order chi connectivity index (χ0) is 105. The van der Waals surface area contributed by atoms with Gasteiger partial charge in [-0.15, -0.1) is 11.6 Å². The molecule has 0 aromatic rings. The lowest BCUT2D eigenvalue weighted by Gasteiger charge is -2.40. The number of aliphatic hydroxyl groups excluding tert-OH is 5. The number of esters is 1. The molecule has 147 heavy (non-hydrogen) atoms. The third-order valence-electron chi connectivity index (χ3n) is 35.0. The van der Waals surface area contributed by atoms with Crippen LogP contribution in [0.1, 0.15) is 295 Å². The number of alkyl halides is 1. The van der Waals surface area contributed by atoms with Crippen LogP contribution in [0.25, 0.3) is 0 Å². The third-order valence-corrected chi connectivity index (χ3v) is 36.3. The molecule has 0 spiro atoms. The Labute approximate surface area is 909 Å². The molecule has 0 amide bonds. The van der Waals surface area contributed by atoms with Gasteiger partial charge in [0.2, 0.25) is 0 Å². The Balaban J connectivity index is 0.000000165. The fraction of sp³-hybridized carbons (Fsp3) is 0.802. The van der Waals surface area contributed by atoms with Crippen molar-refractivity contribution in [2.24, 2.45) is 65.1 Å². The number of carbonyl (C=O) groups excluding carboxylic acids is 1. The minimum absolute atomic E-state index is 0.0105. The van der Waals surface area contributed by atoms with E-state index in [2.05, 4.69) is 240 Å². The van der Waals surface area contributed by atoms with Gasteiger partial charge in [0.15, 0.2) is 0 Å². The van der Waals surface area contributed by atoms with E-state index in [1.807, 2.05) is 60.4 Å². The highest BCUT2D eigenvalue weighted by Crippen LogP contribution is 2.37. The molecule has 13 aliphatic heterocycles. The van der Waals surface area contributed by atoms with Crippen LogP contribution in [0.2, 0.25) is 0 Å². The SMILES string of the molecule is CC1=CC(C)CN(C)C1.CC1C=CCN(C2CCC2)C1.CC1C=CCN(C2CCCC2)C1.CC1C=CCN(C2CCCC2C)C1.CC1C=CCN(C2CCCCC2)C1.CC1C=CCN(C2CCCCC2C)C1.CC1C=CCN(C2CCCCCC2)C1.CC1CCC(N2CC=CC(O)C2)C1.CCCN1CC=CC(O)C1.COC(=O)C1CCCC1N1CC=CC(O)C1.OC1C=CCN(C2CCSC2)C1.OC1C=CCN(CCCl)C1. The fourth-order valence-electron chi connectivity index (χ4n) is 27.0. The van der Waals surface area contributed by atoms with Gasteiger partial charge in [-0.25, -0.2) is 0 Å². The van der Waals surface area contributed by atoms with Gasteiger partial charge in [-0.1, -0.05) is 311 Å². The smallest absolute Gasteiger partial charge is 0.310 e. The van der Waals surface area contributed by atoms with Gasteiger partial charge in [-0.3, -0.25) is 58.7 Å². The summed E-state index contributed by atoms with van der Waals surface area (Å²) in [5.74, 6) is 11.2. The molecule has 5 N–H and O–H groups in total. The van der Waals surface area contributed by atoms with Gasteiger partial charge in [0, 0.05) is 230 Å². The molecule has 21 atom stereocenters. The van der Waals surface area contributed by atoms with Gasteiger partial charge in [-0.2, -0.15) is 11.8 Å². The van der Waals surface area contributed by atoms with E-state index in [4.69, 9.17) is 21.4 Å². The second kappa shape index (κ2) is 70.8. The average molecular weight is 2080 g/mol. The number of nitrogens with zero attached hydrogens (tertiary/aromatic N) is 12. The molecule has 21 unspecified atom stereocenters. The predicted molar refractivity (Wildman–Crippen MR) is 626 cm³/mol. The summed E-state index contributed by atoms with van der Waals surface area (Å²) in [4.78, 5) is 41.4. The topological polar surface area (TPSA) is 166 Å². The Bertz CT molecular complexity index is 3800. The number of likely N-dealkylation sites (N-methyl/N-ethyl adjacent to an activating group) is 1. The average Bonchev–Trinajstić information content (AvgIpc) is 1.74. The van der Waals surface area contributed by atoms with Crippen LogP contribution in [-0.4, -0.2) is 377 Å². The molecule has 21 rings (SSSR count). The number of halogens is 1. The van der Waals surface area contributed by atoms with Crippen molar-refractivity contribution in [3.63, 3.8) is 0 Å². The molecule has 19 nitrogen and oxygen atoms in total. The highest BCUT2D eigenvalue weighted by atomic mass is 35.5. The van der Waals surface area contributed by atoms with Gasteiger partial charge in [0.05, 0.1) is 43.5 Å². The molecule has 8 aliphatic carbocycles. The van der Waals surface area contributed by atoms with E-state index in [0.717, 1.165) is 205 Å². The molecule has 1 saturated heterocycles. The van der Waals surface area contributed by atoms with E-state index >= 15 is 0 Å². The Hall–Kier alpha value is -3.69. The largest absolute Gasteiger partial charge is 0.469 e. The Kier molecular flexibility index (Phi) is 60.3. The maximum Gasteiger partial charge on any atom is 0.310 e. The van der Waals surface area contributed by atoms with Crippen LogP contribution in [-0.2, 0) is 9.53 Å². The number of carbonyl (C=O) groups is 1. The first kappa shape index (κ1) is 125. The van der Waals surface area contributed by atoms with Crippen LogP contribution < -0.4 is 0 Å². The molecule has 8 saturated carbocycles. The molecule has 13 heterocycles. The lowest BCUT2D eigenvalue weighted by molar-refractivity contribution is -0.147. The Morgan fingerprint density at radius 3 is 1.00 bits per heavy atom. The Morgan fingerprint density at radius 2 is 0.653 bits per heavy atom. The van der Waals surface area contributed by atoms with Crippen molar-refractivity contribution in [3.8, 4) is 0 Å². The molecular weight excluding hydrogens is 1860 g/mol. The molecule has 21 heteroatoms. The summed E-state index contributed by atoms with van der Waals surface area (Å²) in [6, 6.07) is 7.09. The lowest BCUT2D eigenvalue weighted by Crippen LogP contribution is -2.46. The summed E-state index contributed by atoms with van der Waals surface area (Å²) in [5, 5.41) is 46.8. The molecule has 0 aromatic heterocycles.